The van der Waals surface area contributed by atoms with Gasteiger partial charge >= 0.3 is 0 Å². The Hall–Kier alpha value is -2.18. The van der Waals surface area contributed by atoms with Crippen LogP contribution in [0, 0.1) is 6.92 Å². The number of amides is 1. The van der Waals surface area contributed by atoms with Crippen molar-refractivity contribution >= 4 is 15.9 Å². The van der Waals surface area contributed by atoms with Crippen molar-refractivity contribution in [2.24, 2.45) is 0 Å². The monoisotopic (exact) mass is 358 g/mol. The van der Waals surface area contributed by atoms with E-state index in [9.17, 15) is 13.2 Å². The third kappa shape index (κ3) is 3.19. The molecule has 25 heavy (non-hydrogen) atoms. The molecule has 0 N–H and O–H groups in total. The smallest absolute Gasteiger partial charge is 0.245 e. The van der Waals surface area contributed by atoms with Crippen LogP contribution in [0.5, 0.6) is 0 Å². The van der Waals surface area contributed by atoms with Crippen molar-refractivity contribution in [3.05, 3.63) is 65.7 Å². The molecule has 0 spiro atoms. The maximum Gasteiger partial charge on any atom is 0.245 e. The van der Waals surface area contributed by atoms with Gasteiger partial charge in [-0.25, -0.2) is 8.42 Å². The molecule has 6 heteroatoms. The molecular weight excluding hydrogens is 336 g/mol. The molecule has 1 heterocycles. The fourth-order valence-corrected chi connectivity index (χ4v) is 4.99. The number of nitrogens with zero attached hydrogens (tertiary/aromatic N) is 2. The zero-order valence-corrected chi connectivity index (χ0v) is 15.4. The van der Waals surface area contributed by atoms with E-state index < -0.39 is 16.2 Å². The number of carbonyl (C=O) groups excluding carboxylic acids is 1. The molecule has 1 aliphatic heterocycles. The first-order chi connectivity index (χ1) is 11.8. The van der Waals surface area contributed by atoms with Crippen LogP contribution >= 0.6 is 0 Å². The van der Waals surface area contributed by atoms with Crippen molar-refractivity contribution in [1.29, 1.82) is 0 Å². The Kier molecular flexibility index (Phi) is 4.67. The Morgan fingerprint density at radius 2 is 1.64 bits per heavy atom. The van der Waals surface area contributed by atoms with Gasteiger partial charge in [0.2, 0.25) is 15.9 Å². The molecule has 132 valence electrons. The molecule has 0 unspecified atom stereocenters. The van der Waals surface area contributed by atoms with Crippen LogP contribution in [0.2, 0.25) is 0 Å². The van der Waals surface area contributed by atoms with Crippen molar-refractivity contribution in [2.75, 3.05) is 6.54 Å². The van der Waals surface area contributed by atoms with Crippen LogP contribution in [0.1, 0.15) is 31.1 Å². The van der Waals surface area contributed by atoms with Crippen LogP contribution in [0.4, 0.5) is 0 Å². The second-order valence-corrected chi connectivity index (χ2v) is 8.34. The summed E-state index contributed by atoms with van der Waals surface area (Å²) in [5.41, 5.74) is 1.79. The van der Waals surface area contributed by atoms with Gasteiger partial charge in [-0.1, -0.05) is 48.0 Å². The van der Waals surface area contributed by atoms with Crippen molar-refractivity contribution in [3.63, 3.8) is 0 Å². The third-order valence-electron chi connectivity index (χ3n) is 4.54. The van der Waals surface area contributed by atoms with Crippen LogP contribution < -0.4 is 0 Å². The zero-order valence-electron chi connectivity index (χ0n) is 14.6. The second kappa shape index (κ2) is 6.61. The van der Waals surface area contributed by atoms with E-state index >= 15 is 0 Å². The first-order valence-electron chi connectivity index (χ1n) is 8.24. The molecule has 0 saturated carbocycles. The number of hydrogen-bond acceptors (Lipinski definition) is 3. The molecule has 0 radical (unpaired) electrons. The highest BCUT2D eigenvalue weighted by atomic mass is 32.2. The lowest BCUT2D eigenvalue weighted by molar-refractivity contribution is -0.132. The number of rotatable bonds is 3. The summed E-state index contributed by atoms with van der Waals surface area (Å²) in [6.45, 7) is 5.55. The Bertz CT molecular complexity index is 863. The van der Waals surface area contributed by atoms with Gasteiger partial charge in [-0.15, -0.1) is 0 Å². The van der Waals surface area contributed by atoms with E-state index in [1.807, 2.05) is 44.2 Å². The lowest BCUT2D eigenvalue weighted by atomic mass is 10.1. The van der Waals surface area contributed by atoms with Crippen molar-refractivity contribution in [3.8, 4) is 0 Å². The first-order valence-corrected chi connectivity index (χ1v) is 9.68. The zero-order chi connectivity index (χ0) is 18.2. The molecule has 5 nitrogen and oxygen atoms in total. The second-order valence-electron chi connectivity index (χ2n) is 6.45. The van der Waals surface area contributed by atoms with Crippen LogP contribution in [0.25, 0.3) is 0 Å². The largest absolute Gasteiger partial charge is 0.318 e. The van der Waals surface area contributed by atoms with Crippen LogP contribution in [0.3, 0.4) is 0 Å². The minimum Gasteiger partial charge on any atom is -0.318 e. The molecule has 1 fully saturated rings. The quantitative estimate of drug-likeness (QED) is 0.848. The van der Waals surface area contributed by atoms with E-state index in [1.54, 1.807) is 29.2 Å². The molecule has 3 rings (SSSR count). The van der Waals surface area contributed by atoms with Crippen LogP contribution in [-0.2, 0) is 14.8 Å². The molecular formula is C19H22N2O3S. The summed E-state index contributed by atoms with van der Waals surface area (Å²) in [5, 5.41) is 0. The summed E-state index contributed by atoms with van der Waals surface area (Å²) in [6.07, 6.45) is -0.625. The average molecular weight is 358 g/mol. The Morgan fingerprint density at radius 1 is 1.04 bits per heavy atom. The summed E-state index contributed by atoms with van der Waals surface area (Å²) in [5.74, 6) is -0.136. The molecule has 0 aromatic heterocycles. The number of aryl methyl sites for hydroxylation is 1. The summed E-state index contributed by atoms with van der Waals surface area (Å²) >= 11 is 0. The Labute approximate surface area is 148 Å². The lowest BCUT2D eigenvalue weighted by Gasteiger charge is -2.30. The van der Waals surface area contributed by atoms with Gasteiger partial charge < -0.3 is 4.90 Å². The highest BCUT2D eigenvalue weighted by Crippen LogP contribution is 2.37. The number of sulfonamides is 1. The number of carbonyl (C=O) groups is 1. The Balaban J connectivity index is 2.09. The minimum absolute atomic E-state index is 0.136. The normalized spacial score (nSPS) is 21.5. The minimum atomic E-state index is -3.71. The Morgan fingerprint density at radius 3 is 2.20 bits per heavy atom. The predicted octanol–water partition coefficient (Wildman–Crippen LogP) is 2.94. The van der Waals surface area contributed by atoms with Gasteiger partial charge in [0.05, 0.1) is 4.90 Å². The van der Waals surface area contributed by atoms with E-state index in [1.165, 1.54) is 11.2 Å². The van der Waals surface area contributed by atoms with Crippen molar-refractivity contribution in [2.45, 2.75) is 37.9 Å². The van der Waals surface area contributed by atoms with Gasteiger partial charge in [0.25, 0.3) is 0 Å². The van der Waals surface area contributed by atoms with Gasteiger partial charge in [-0.05, 0) is 31.5 Å². The molecule has 1 amide bonds. The highest BCUT2D eigenvalue weighted by Gasteiger charge is 2.45. The first kappa shape index (κ1) is 17.6. The molecule has 2 aromatic carbocycles. The summed E-state index contributed by atoms with van der Waals surface area (Å²) in [6, 6.07) is 15.9. The molecule has 0 aliphatic carbocycles. The van der Waals surface area contributed by atoms with Crippen molar-refractivity contribution < 1.29 is 13.2 Å². The summed E-state index contributed by atoms with van der Waals surface area (Å²) in [4.78, 5) is 14.1. The van der Waals surface area contributed by atoms with E-state index in [0.717, 1.165) is 11.1 Å². The molecule has 0 bridgehead atoms. The molecule has 1 saturated heterocycles. The van der Waals surface area contributed by atoms with Crippen LogP contribution in [-0.4, -0.2) is 36.1 Å². The van der Waals surface area contributed by atoms with Crippen molar-refractivity contribution in [1.82, 2.24) is 9.21 Å². The molecule has 1 aliphatic rings. The molecule has 2 aromatic rings. The number of benzene rings is 2. The van der Waals surface area contributed by atoms with Gasteiger partial charge in [-0.3, -0.25) is 4.79 Å². The van der Waals surface area contributed by atoms with Crippen LogP contribution in [0.15, 0.2) is 59.5 Å². The SMILES string of the molecule is CC(=O)N1[C@@H](C)CN(S(=O)(=O)c2ccc(C)cc2)[C@H]1c1ccccc1. The fourth-order valence-electron chi connectivity index (χ4n) is 3.34. The fraction of sp³-hybridized carbons (Fsp3) is 0.316. The topological polar surface area (TPSA) is 57.7 Å². The lowest BCUT2D eigenvalue weighted by Crippen LogP contribution is -2.38. The van der Waals surface area contributed by atoms with E-state index in [4.69, 9.17) is 0 Å². The van der Waals surface area contributed by atoms with Gasteiger partial charge in [0.15, 0.2) is 0 Å². The standard InChI is InChI=1S/C19H22N2O3S/c1-14-9-11-18(12-10-14)25(23,24)20-13-15(2)21(16(3)22)19(20)17-7-5-4-6-8-17/h4-12,15,19H,13H2,1-3H3/t15-,19+/m0/s1. The summed E-state index contributed by atoms with van der Waals surface area (Å²) in [7, 11) is -3.71. The maximum atomic E-state index is 13.2. The van der Waals surface area contributed by atoms with Gasteiger partial charge in [-0.2, -0.15) is 4.31 Å². The van der Waals surface area contributed by atoms with E-state index in [2.05, 4.69) is 0 Å². The highest BCUT2D eigenvalue weighted by molar-refractivity contribution is 7.89. The predicted molar refractivity (Wildman–Crippen MR) is 96.2 cm³/mol. The third-order valence-corrected chi connectivity index (χ3v) is 6.38. The summed E-state index contributed by atoms with van der Waals surface area (Å²) < 4.78 is 27.9. The van der Waals surface area contributed by atoms with E-state index in [-0.39, 0.29) is 23.4 Å². The average Bonchev–Trinajstić information content (AvgIpc) is 2.94. The van der Waals surface area contributed by atoms with Gasteiger partial charge in [0, 0.05) is 19.5 Å². The van der Waals surface area contributed by atoms with Gasteiger partial charge in [0.1, 0.15) is 6.17 Å². The number of hydrogen-bond donors (Lipinski definition) is 0. The van der Waals surface area contributed by atoms with E-state index in [0.29, 0.717) is 0 Å². The molecule has 2 atom stereocenters. The maximum absolute atomic E-state index is 13.2.